The summed E-state index contributed by atoms with van der Waals surface area (Å²) in [7, 11) is 0. The summed E-state index contributed by atoms with van der Waals surface area (Å²) < 4.78 is 17.0. The van der Waals surface area contributed by atoms with Gasteiger partial charge in [-0.05, 0) is 38.8 Å². The number of hydrogen-bond donors (Lipinski definition) is 2. The predicted octanol–water partition coefficient (Wildman–Crippen LogP) is 3.60. The number of benzene rings is 1. The fraction of sp³-hybridized carbons (Fsp3) is 0.619. The minimum atomic E-state index is -1.08. The molecule has 0 bridgehead atoms. The fourth-order valence-electron chi connectivity index (χ4n) is 2.98. The van der Waals surface area contributed by atoms with Gasteiger partial charge in [-0.15, -0.1) is 0 Å². The summed E-state index contributed by atoms with van der Waals surface area (Å²) in [6, 6.07) is 6.38. The van der Waals surface area contributed by atoms with Gasteiger partial charge in [0.2, 0.25) is 11.7 Å². The second-order valence-corrected chi connectivity index (χ2v) is 8.62. The standard InChI is InChI=1S/C21H31ClN2O5/c1-6-14(2)17(24-19(26)29-20(3,4)5)18(25)23-13-21(27-11-12-28-21)15-7-9-16(22)10-8-15/h7-10,14,17H,6,11-13H2,1-5H3,(H,23,25)(H,24,26). The van der Waals surface area contributed by atoms with Crippen LogP contribution in [0.2, 0.25) is 5.02 Å². The van der Waals surface area contributed by atoms with Crippen LogP contribution in [0.25, 0.3) is 0 Å². The van der Waals surface area contributed by atoms with Crippen molar-refractivity contribution in [1.82, 2.24) is 10.6 Å². The van der Waals surface area contributed by atoms with Crippen molar-refractivity contribution < 1.29 is 23.8 Å². The Morgan fingerprint density at radius 3 is 2.31 bits per heavy atom. The molecule has 1 aromatic rings. The summed E-state index contributed by atoms with van der Waals surface area (Å²) in [6.45, 7) is 10.1. The third-order valence-corrected chi connectivity index (χ3v) is 4.95. The molecule has 1 aromatic carbocycles. The van der Waals surface area contributed by atoms with Gasteiger partial charge in [0.15, 0.2) is 0 Å². The van der Waals surface area contributed by atoms with Crippen LogP contribution in [0.1, 0.15) is 46.6 Å². The number of nitrogens with one attached hydrogen (secondary N) is 2. The Labute approximate surface area is 177 Å². The molecule has 162 valence electrons. The average Bonchev–Trinajstić information content (AvgIpc) is 3.13. The maximum atomic E-state index is 12.9. The number of alkyl carbamates (subject to hydrolysis) is 1. The number of hydrogen-bond acceptors (Lipinski definition) is 5. The second kappa shape index (κ2) is 9.78. The van der Waals surface area contributed by atoms with Gasteiger partial charge in [-0.1, -0.05) is 44.0 Å². The molecule has 0 aromatic heterocycles. The van der Waals surface area contributed by atoms with Crippen molar-refractivity contribution >= 4 is 23.6 Å². The van der Waals surface area contributed by atoms with Gasteiger partial charge in [0.25, 0.3) is 0 Å². The van der Waals surface area contributed by atoms with Crippen LogP contribution in [0.5, 0.6) is 0 Å². The first-order valence-corrected chi connectivity index (χ1v) is 10.3. The molecule has 2 atom stereocenters. The molecule has 2 amide bonds. The second-order valence-electron chi connectivity index (χ2n) is 8.18. The number of amides is 2. The summed E-state index contributed by atoms with van der Waals surface area (Å²) in [5.74, 6) is -1.48. The van der Waals surface area contributed by atoms with E-state index >= 15 is 0 Å². The highest BCUT2D eigenvalue weighted by Crippen LogP contribution is 2.31. The molecule has 1 heterocycles. The minimum Gasteiger partial charge on any atom is -0.444 e. The summed E-state index contributed by atoms with van der Waals surface area (Å²) in [4.78, 5) is 25.1. The van der Waals surface area contributed by atoms with Gasteiger partial charge < -0.3 is 24.8 Å². The maximum absolute atomic E-state index is 12.9. The highest BCUT2D eigenvalue weighted by molar-refractivity contribution is 6.30. The molecule has 1 fully saturated rings. The lowest BCUT2D eigenvalue weighted by Crippen LogP contribution is -2.53. The van der Waals surface area contributed by atoms with Crippen LogP contribution in [-0.2, 0) is 24.8 Å². The molecular weight excluding hydrogens is 396 g/mol. The van der Waals surface area contributed by atoms with Crippen molar-refractivity contribution in [3.63, 3.8) is 0 Å². The number of ether oxygens (including phenoxy) is 3. The Kier molecular flexibility index (Phi) is 7.91. The first-order valence-electron chi connectivity index (χ1n) is 9.87. The van der Waals surface area contributed by atoms with Gasteiger partial charge in [0, 0.05) is 10.6 Å². The van der Waals surface area contributed by atoms with E-state index in [1.54, 1.807) is 32.9 Å². The van der Waals surface area contributed by atoms with Gasteiger partial charge in [0.05, 0.1) is 19.8 Å². The van der Waals surface area contributed by atoms with Crippen LogP contribution < -0.4 is 10.6 Å². The lowest BCUT2D eigenvalue weighted by Gasteiger charge is -2.30. The van der Waals surface area contributed by atoms with E-state index in [9.17, 15) is 9.59 Å². The molecule has 7 nitrogen and oxygen atoms in total. The van der Waals surface area contributed by atoms with Crippen LogP contribution in [-0.4, -0.2) is 43.4 Å². The molecule has 0 spiro atoms. The average molecular weight is 427 g/mol. The minimum absolute atomic E-state index is 0.0839. The van der Waals surface area contributed by atoms with E-state index in [0.29, 0.717) is 24.7 Å². The van der Waals surface area contributed by atoms with Crippen molar-refractivity contribution in [3.8, 4) is 0 Å². The predicted molar refractivity (Wildman–Crippen MR) is 111 cm³/mol. The molecule has 1 aliphatic heterocycles. The SMILES string of the molecule is CCC(C)C(NC(=O)OC(C)(C)C)C(=O)NCC1(c2ccc(Cl)cc2)OCCO1. The van der Waals surface area contributed by atoms with Crippen molar-refractivity contribution in [2.45, 2.75) is 58.5 Å². The van der Waals surface area contributed by atoms with Crippen LogP contribution in [0.15, 0.2) is 24.3 Å². The van der Waals surface area contributed by atoms with E-state index in [0.717, 1.165) is 5.56 Å². The molecule has 1 saturated heterocycles. The molecule has 2 N–H and O–H groups in total. The third kappa shape index (κ3) is 6.59. The summed E-state index contributed by atoms with van der Waals surface area (Å²) in [5.41, 5.74) is 0.116. The monoisotopic (exact) mass is 426 g/mol. The molecule has 29 heavy (non-hydrogen) atoms. The van der Waals surface area contributed by atoms with E-state index < -0.39 is 23.5 Å². The van der Waals surface area contributed by atoms with Gasteiger partial charge >= 0.3 is 6.09 Å². The zero-order valence-electron chi connectivity index (χ0n) is 17.7. The molecule has 8 heteroatoms. The van der Waals surface area contributed by atoms with E-state index in [4.69, 9.17) is 25.8 Å². The molecule has 1 aliphatic rings. The van der Waals surface area contributed by atoms with Crippen molar-refractivity contribution in [1.29, 1.82) is 0 Å². The van der Waals surface area contributed by atoms with Crippen LogP contribution >= 0.6 is 11.6 Å². The van der Waals surface area contributed by atoms with Crippen LogP contribution in [0.3, 0.4) is 0 Å². The Balaban J connectivity index is 2.09. The number of halogens is 1. The largest absolute Gasteiger partial charge is 0.444 e. The molecule has 0 aliphatic carbocycles. The number of carbonyl (C=O) groups excluding carboxylic acids is 2. The third-order valence-electron chi connectivity index (χ3n) is 4.70. The first kappa shape index (κ1) is 23.4. The van der Waals surface area contributed by atoms with Crippen molar-refractivity contribution in [3.05, 3.63) is 34.9 Å². The van der Waals surface area contributed by atoms with Crippen LogP contribution in [0.4, 0.5) is 4.79 Å². The van der Waals surface area contributed by atoms with E-state index in [2.05, 4.69) is 10.6 Å². The molecule has 2 rings (SSSR count). The van der Waals surface area contributed by atoms with Crippen molar-refractivity contribution in [2.24, 2.45) is 5.92 Å². The molecule has 0 radical (unpaired) electrons. The zero-order valence-corrected chi connectivity index (χ0v) is 18.5. The quantitative estimate of drug-likeness (QED) is 0.695. The lowest BCUT2D eigenvalue weighted by molar-refractivity contribution is -0.165. The highest BCUT2D eigenvalue weighted by atomic mass is 35.5. The topological polar surface area (TPSA) is 85.9 Å². The highest BCUT2D eigenvalue weighted by Gasteiger charge is 2.40. The Hall–Kier alpha value is -1.83. The van der Waals surface area contributed by atoms with E-state index in [-0.39, 0.29) is 18.4 Å². The molecule has 0 saturated carbocycles. The Morgan fingerprint density at radius 1 is 1.21 bits per heavy atom. The Bertz CT molecular complexity index is 696. The summed E-state index contributed by atoms with van der Waals surface area (Å²) >= 11 is 5.97. The van der Waals surface area contributed by atoms with Crippen LogP contribution in [0, 0.1) is 5.92 Å². The fourth-order valence-corrected chi connectivity index (χ4v) is 3.11. The van der Waals surface area contributed by atoms with E-state index in [1.165, 1.54) is 0 Å². The molecular formula is C21H31ClN2O5. The molecule has 2 unspecified atom stereocenters. The lowest BCUT2D eigenvalue weighted by atomic mass is 9.98. The summed E-state index contributed by atoms with van der Waals surface area (Å²) in [5, 5.41) is 6.16. The number of carbonyl (C=O) groups is 2. The van der Waals surface area contributed by atoms with Gasteiger partial charge in [-0.3, -0.25) is 4.79 Å². The van der Waals surface area contributed by atoms with Crippen molar-refractivity contribution in [2.75, 3.05) is 19.8 Å². The number of rotatable bonds is 7. The van der Waals surface area contributed by atoms with E-state index in [1.807, 2.05) is 26.0 Å². The first-order chi connectivity index (χ1) is 13.6. The van der Waals surface area contributed by atoms with Gasteiger partial charge in [-0.2, -0.15) is 0 Å². The van der Waals surface area contributed by atoms with Gasteiger partial charge in [-0.25, -0.2) is 4.79 Å². The zero-order chi connectivity index (χ0) is 21.7. The van der Waals surface area contributed by atoms with Gasteiger partial charge in [0.1, 0.15) is 11.6 Å². The summed E-state index contributed by atoms with van der Waals surface area (Å²) in [6.07, 6.45) is 0.0853. The smallest absolute Gasteiger partial charge is 0.408 e. The normalized spacial score (nSPS) is 18.0. The Morgan fingerprint density at radius 2 is 1.79 bits per heavy atom. The maximum Gasteiger partial charge on any atom is 0.408 e.